The second-order valence-electron chi connectivity index (χ2n) is 8.94. The molecule has 0 unspecified atom stereocenters. The van der Waals surface area contributed by atoms with Crippen molar-refractivity contribution in [2.24, 2.45) is 0 Å². The summed E-state index contributed by atoms with van der Waals surface area (Å²) in [6.07, 6.45) is 2.13. The monoisotopic (exact) mass is 542 g/mol. The fourth-order valence-corrected chi connectivity index (χ4v) is 4.99. The Hall–Kier alpha value is -4.37. The van der Waals surface area contributed by atoms with E-state index >= 15 is 0 Å². The van der Waals surface area contributed by atoms with Crippen LogP contribution >= 0.6 is 12.2 Å². The Morgan fingerprint density at radius 3 is 2.62 bits per heavy atom. The lowest BCUT2D eigenvalue weighted by atomic mass is 10.0. The third-order valence-electron chi connectivity index (χ3n) is 6.52. The first-order valence-electron chi connectivity index (χ1n) is 12.8. The number of ether oxygens (including phenoxy) is 2. The van der Waals surface area contributed by atoms with Crippen molar-refractivity contribution in [1.82, 2.24) is 10.3 Å². The predicted octanol–water partition coefficient (Wildman–Crippen LogP) is 6.27. The number of carbonyl (C=O) groups excluding carboxylic acids is 1. The topological polar surface area (TPSA) is 88.9 Å². The molecule has 1 fully saturated rings. The number of methoxy groups -OCH3 is 1. The zero-order valence-corrected chi connectivity index (χ0v) is 22.8. The summed E-state index contributed by atoms with van der Waals surface area (Å²) < 4.78 is 17.6. The van der Waals surface area contributed by atoms with E-state index in [9.17, 15) is 4.79 Å². The predicted molar refractivity (Wildman–Crippen MR) is 155 cm³/mol. The molecule has 0 saturated carbocycles. The molecule has 2 N–H and O–H groups in total. The number of nitrogens with one attached hydrogen (secondary N) is 2. The Kier molecular flexibility index (Phi) is 7.79. The van der Waals surface area contributed by atoms with Crippen LogP contribution < -0.4 is 25.0 Å². The summed E-state index contributed by atoms with van der Waals surface area (Å²) in [7, 11) is 1.57. The standard InChI is InChI=1S/C30H30N4O4S/c1-4-27(35)32-22-14-11-20(18-26(22)36-3)34-29(28(33-30(34)39)23-8-6-7-17-31-23)25-16-15-24(38-25)19-9-12-21(13-10-19)37-5-2/h6-18,28-29H,4-5H2,1-3H3,(H,32,35)(H,33,39)/t28-,29+/m0/s1. The first-order valence-corrected chi connectivity index (χ1v) is 13.2. The summed E-state index contributed by atoms with van der Waals surface area (Å²) in [6, 6.07) is 22.6. The minimum absolute atomic E-state index is 0.0927. The molecule has 3 heterocycles. The Labute approximate surface area is 233 Å². The van der Waals surface area contributed by atoms with Gasteiger partial charge in [0.1, 0.15) is 29.1 Å². The van der Waals surface area contributed by atoms with Crippen molar-refractivity contribution in [3.8, 4) is 22.8 Å². The molecule has 9 heteroatoms. The highest BCUT2D eigenvalue weighted by Gasteiger charge is 2.42. The molecule has 39 heavy (non-hydrogen) atoms. The van der Waals surface area contributed by atoms with Gasteiger partial charge in [-0.25, -0.2) is 0 Å². The van der Waals surface area contributed by atoms with Crippen LogP contribution in [0.5, 0.6) is 11.5 Å². The molecule has 2 atom stereocenters. The lowest BCUT2D eigenvalue weighted by Crippen LogP contribution is -2.29. The smallest absolute Gasteiger partial charge is 0.224 e. The number of thiocarbonyl (C=S) groups is 1. The van der Waals surface area contributed by atoms with Gasteiger partial charge in [-0.3, -0.25) is 9.78 Å². The van der Waals surface area contributed by atoms with Crippen LogP contribution in [0.15, 0.2) is 83.4 Å². The van der Waals surface area contributed by atoms with Crippen LogP contribution in [0.4, 0.5) is 11.4 Å². The Bertz CT molecular complexity index is 1460. The van der Waals surface area contributed by atoms with Gasteiger partial charge in [-0.2, -0.15) is 0 Å². The number of hydrogen-bond acceptors (Lipinski definition) is 6. The van der Waals surface area contributed by atoms with Gasteiger partial charge in [-0.15, -0.1) is 0 Å². The molecule has 0 radical (unpaired) electrons. The van der Waals surface area contributed by atoms with Crippen LogP contribution in [-0.2, 0) is 4.79 Å². The Morgan fingerprint density at radius 1 is 1.10 bits per heavy atom. The minimum Gasteiger partial charge on any atom is -0.494 e. The van der Waals surface area contributed by atoms with Crippen molar-refractivity contribution in [2.45, 2.75) is 32.4 Å². The van der Waals surface area contributed by atoms with Crippen molar-refractivity contribution in [3.63, 3.8) is 0 Å². The maximum absolute atomic E-state index is 12.0. The van der Waals surface area contributed by atoms with Crippen molar-refractivity contribution in [2.75, 3.05) is 23.9 Å². The lowest BCUT2D eigenvalue weighted by Gasteiger charge is -2.27. The number of aromatic nitrogens is 1. The van der Waals surface area contributed by atoms with E-state index in [1.165, 1.54) is 0 Å². The van der Waals surface area contributed by atoms with E-state index in [0.29, 0.717) is 29.6 Å². The number of hydrogen-bond donors (Lipinski definition) is 2. The zero-order valence-electron chi connectivity index (χ0n) is 22.0. The number of pyridine rings is 1. The maximum atomic E-state index is 12.0. The molecule has 1 aliphatic heterocycles. The number of nitrogens with zero attached hydrogens (tertiary/aromatic N) is 2. The van der Waals surface area contributed by atoms with Crippen molar-refractivity contribution in [1.29, 1.82) is 0 Å². The van der Waals surface area contributed by atoms with Gasteiger partial charge in [0.05, 0.1) is 31.1 Å². The molecular formula is C30H30N4O4S. The van der Waals surface area contributed by atoms with Crippen LogP contribution in [0.25, 0.3) is 11.3 Å². The van der Waals surface area contributed by atoms with Gasteiger partial charge in [0, 0.05) is 29.9 Å². The van der Waals surface area contributed by atoms with E-state index in [1.54, 1.807) is 20.2 Å². The highest BCUT2D eigenvalue weighted by atomic mass is 32.1. The summed E-state index contributed by atoms with van der Waals surface area (Å²) in [5, 5.41) is 6.85. The van der Waals surface area contributed by atoms with E-state index in [0.717, 1.165) is 34.2 Å². The maximum Gasteiger partial charge on any atom is 0.224 e. The van der Waals surface area contributed by atoms with Crippen LogP contribution in [0.2, 0.25) is 0 Å². The number of benzene rings is 2. The van der Waals surface area contributed by atoms with Gasteiger partial charge in [-0.1, -0.05) is 13.0 Å². The third kappa shape index (κ3) is 5.44. The number of amides is 1. The summed E-state index contributed by atoms with van der Waals surface area (Å²) in [6.45, 7) is 4.37. The Balaban J connectivity index is 1.54. The number of furan rings is 1. The molecule has 0 bridgehead atoms. The summed E-state index contributed by atoms with van der Waals surface area (Å²) in [5.41, 5.74) is 3.17. The average Bonchev–Trinajstić information content (AvgIpc) is 3.59. The summed E-state index contributed by atoms with van der Waals surface area (Å²) in [4.78, 5) is 18.6. The molecule has 0 spiro atoms. The van der Waals surface area contributed by atoms with Crippen molar-refractivity contribution >= 4 is 34.6 Å². The molecule has 2 aromatic carbocycles. The zero-order chi connectivity index (χ0) is 27.4. The van der Waals surface area contributed by atoms with E-state index in [2.05, 4.69) is 15.6 Å². The normalized spacial score (nSPS) is 16.6. The van der Waals surface area contributed by atoms with Crippen LogP contribution in [0.1, 0.15) is 43.8 Å². The molecule has 4 aromatic rings. The largest absolute Gasteiger partial charge is 0.494 e. The SMILES string of the molecule is CCOc1ccc(-c2ccc([C@@H]3[C@H](c4ccccn4)NC(=S)N3c3ccc(NC(=O)CC)c(OC)c3)o2)cc1. The molecule has 1 saturated heterocycles. The number of rotatable bonds is 9. The molecular weight excluding hydrogens is 512 g/mol. The third-order valence-corrected chi connectivity index (χ3v) is 6.84. The summed E-state index contributed by atoms with van der Waals surface area (Å²) in [5.74, 6) is 2.72. The molecule has 1 aliphatic rings. The first-order chi connectivity index (χ1) is 19.0. The number of carbonyl (C=O) groups is 1. The highest BCUT2D eigenvalue weighted by molar-refractivity contribution is 7.80. The molecule has 2 aromatic heterocycles. The molecule has 200 valence electrons. The molecule has 0 aliphatic carbocycles. The van der Waals surface area contributed by atoms with Gasteiger partial charge in [0.15, 0.2) is 5.11 Å². The average molecular weight is 543 g/mol. The number of anilines is 2. The Morgan fingerprint density at radius 2 is 1.92 bits per heavy atom. The van der Waals surface area contributed by atoms with E-state index in [-0.39, 0.29) is 18.0 Å². The van der Waals surface area contributed by atoms with Gasteiger partial charge in [0.2, 0.25) is 5.91 Å². The van der Waals surface area contributed by atoms with Gasteiger partial charge in [-0.05, 0) is 79.8 Å². The van der Waals surface area contributed by atoms with Crippen molar-refractivity contribution in [3.05, 3.63) is 90.4 Å². The van der Waals surface area contributed by atoms with E-state index in [1.807, 2.05) is 84.6 Å². The van der Waals surface area contributed by atoms with Gasteiger partial charge >= 0.3 is 0 Å². The lowest BCUT2D eigenvalue weighted by molar-refractivity contribution is -0.115. The van der Waals surface area contributed by atoms with E-state index < -0.39 is 0 Å². The van der Waals surface area contributed by atoms with Gasteiger partial charge in [0.25, 0.3) is 0 Å². The fraction of sp³-hybridized carbons (Fsp3) is 0.233. The highest BCUT2D eigenvalue weighted by Crippen LogP contribution is 2.44. The second-order valence-corrected chi connectivity index (χ2v) is 9.33. The van der Waals surface area contributed by atoms with Crippen LogP contribution in [0, 0.1) is 0 Å². The second kappa shape index (κ2) is 11.6. The van der Waals surface area contributed by atoms with Crippen molar-refractivity contribution < 1.29 is 18.7 Å². The summed E-state index contributed by atoms with van der Waals surface area (Å²) >= 11 is 5.84. The first kappa shape index (κ1) is 26.2. The quantitative estimate of drug-likeness (QED) is 0.239. The molecule has 5 rings (SSSR count). The van der Waals surface area contributed by atoms with Crippen LogP contribution in [-0.4, -0.2) is 29.7 Å². The molecule has 8 nitrogen and oxygen atoms in total. The van der Waals surface area contributed by atoms with E-state index in [4.69, 9.17) is 26.1 Å². The fourth-order valence-electron chi connectivity index (χ4n) is 4.64. The van der Waals surface area contributed by atoms with Gasteiger partial charge < -0.3 is 29.4 Å². The van der Waals surface area contributed by atoms with Crippen LogP contribution in [0.3, 0.4) is 0 Å². The molecule has 1 amide bonds. The minimum atomic E-state index is -0.329.